The highest BCUT2D eigenvalue weighted by molar-refractivity contribution is 7.89. The summed E-state index contributed by atoms with van der Waals surface area (Å²) < 4.78 is 39.5. The maximum atomic E-state index is 13.3. The second-order valence-corrected chi connectivity index (χ2v) is 13.2. The summed E-state index contributed by atoms with van der Waals surface area (Å²) in [6, 6.07) is 12.4. The largest absolute Gasteiger partial charge is 0.468 e. The number of nitrogens with one attached hydrogen (secondary N) is 1. The molecular weight excluding hydrogens is 554 g/mol. The molecule has 0 spiro atoms. The summed E-state index contributed by atoms with van der Waals surface area (Å²) in [5.41, 5.74) is 8.97. The van der Waals surface area contributed by atoms with Crippen LogP contribution in [0.5, 0.6) is 0 Å². The Morgan fingerprint density at radius 3 is 2.52 bits per heavy atom. The summed E-state index contributed by atoms with van der Waals surface area (Å²) in [5, 5.41) is 0. The predicted octanol–water partition coefficient (Wildman–Crippen LogP) is 3.25. The first-order chi connectivity index (χ1) is 20.3. The summed E-state index contributed by atoms with van der Waals surface area (Å²) in [5.74, 6) is 6.83. The van der Waals surface area contributed by atoms with Crippen LogP contribution >= 0.6 is 0 Å². The number of hydrogen-bond donors (Lipinski definition) is 2. The second kappa shape index (κ2) is 13.7. The van der Waals surface area contributed by atoms with E-state index in [0.29, 0.717) is 75.7 Å². The van der Waals surface area contributed by atoms with Gasteiger partial charge in [0, 0.05) is 35.3 Å². The summed E-state index contributed by atoms with van der Waals surface area (Å²) in [7, 11) is -3.77. The molecule has 0 radical (unpaired) electrons. The van der Waals surface area contributed by atoms with Crippen molar-refractivity contribution in [3.8, 4) is 11.8 Å². The van der Waals surface area contributed by atoms with Crippen LogP contribution in [-0.4, -0.2) is 64.1 Å². The third kappa shape index (κ3) is 7.71. The number of ether oxygens (including phenoxy) is 2. The molecule has 1 saturated heterocycles. The van der Waals surface area contributed by atoms with Crippen molar-refractivity contribution in [1.82, 2.24) is 9.62 Å². The quantitative estimate of drug-likeness (QED) is 0.187. The monoisotopic (exact) mass is 593 g/mol. The van der Waals surface area contributed by atoms with Crippen molar-refractivity contribution in [2.75, 3.05) is 32.1 Å². The highest BCUT2D eigenvalue weighted by atomic mass is 32.2. The van der Waals surface area contributed by atoms with Gasteiger partial charge in [0.25, 0.3) is 6.47 Å². The molecule has 1 atom stereocenters. The minimum atomic E-state index is -3.77. The molecule has 0 aromatic heterocycles. The Kier molecular flexibility index (Phi) is 9.83. The minimum absolute atomic E-state index is 0.0576. The van der Waals surface area contributed by atoms with E-state index in [1.54, 1.807) is 6.07 Å². The standard InChI is InChI=1S/C32H39N3O6S/c33-30-20-29(16-13-25(30)8-7-24-5-3-23(4-6-24)2-1-18-41-22-36)42(38,39)34-28-14-11-27(12-15-28)32(37)35-17-19-40-21-31(35)26-9-10-26/h3-6,13,16,20,22,26-28,31,34H,1-2,9-12,14-15,17-19,21,33H2/t27-,28-,31-/m1/s1. The van der Waals surface area contributed by atoms with Gasteiger partial charge in [0.05, 0.1) is 30.8 Å². The molecule has 0 unspecified atom stereocenters. The first-order valence-corrected chi connectivity index (χ1v) is 16.3. The van der Waals surface area contributed by atoms with Crippen LogP contribution < -0.4 is 10.5 Å². The van der Waals surface area contributed by atoms with E-state index < -0.39 is 10.0 Å². The lowest BCUT2D eigenvalue weighted by Crippen LogP contribution is -2.52. The number of carbonyl (C=O) groups excluding carboxylic acids is 2. The Hall–Kier alpha value is -3.39. The molecule has 3 N–H and O–H groups in total. The van der Waals surface area contributed by atoms with Crippen molar-refractivity contribution in [2.45, 2.75) is 68.3 Å². The molecule has 3 fully saturated rings. The van der Waals surface area contributed by atoms with Gasteiger partial charge in [-0.05, 0) is 93.2 Å². The SMILES string of the molecule is Nc1cc(S(=O)(=O)N[C@H]2CC[C@H](C(=O)N3CCOC[C@@H]3C3CC3)CC2)ccc1C#Cc1ccc(CCCOC=O)cc1. The van der Waals surface area contributed by atoms with Crippen molar-refractivity contribution in [3.05, 3.63) is 59.2 Å². The molecule has 9 nitrogen and oxygen atoms in total. The van der Waals surface area contributed by atoms with E-state index in [1.165, 1.54) is 25.0 Å². The number of aryl methyl sites for hydroxylation is 1. The maximum Gasteiger partial charge on any atom is 0.293 e. The van der Waals surface area contributed by atoms with Crippen molar-refractivity contribution in [1.29, 1.82) is 0 Å². The maximum absolute atomic E-state index is 13.3. The topological polar surface area (TPSA) is 128 Å². The lowest BCUT2D eigenvalue weighted by atomic mass is 9.85. The average molecular weight is 594 g/mol. The van der Waals surface area contributed by atoms with Gasteiger partial charge in [-0.15, -0.1) is 0 Å². The third-order valence-corrected chi connectivity index (χ3v) is 9.96. The number of nitrogen functional groups attached to an aromatic ring is 1. The number of nitrogens with two attached hydrogens (primary N) is 1. The molecule has 2 aromatic carbocycles. The van der Waals surface area contributed by atoms with Crippen LogP contribution in [-0.2, 0) is 35.5 Å². The number of morpholine rings is 1. The number of rotatable bonds is 10. The lowest BCUT2D eigenvalue weighted by Gasteiger charge is -2.39. The van der Waals surface area contributed by atoms with E-state index >= 15 is 0 Å². The molecule has 224 valence electrons. The highest BCUT2D eigenvalue weighted by Gasteiger charge is 2.41. The molecule has 5 rings (SSSR count). The van der Waals surface area contributed by atoms with E-state index in [-0.39, 0.29) is 28.8 Å². The van der Waals surface area contributed by atoms with Gasteiger partial charge in [-0.2, -0.15) is 0 Å². The van der Waals surface area contributed by atoms with Gasteiger partial charge in [0.15, 0.2) is 0 Å². The normalized spacial score (nSPS) is 22.6. The minimum Gasteiger partial charge on any atom is -0.468 e. The number of carbonyl (C=O) groups is 2. The van der Waals surface area contributed by atoms with Gasteiger partial charge >= 0.3 is 0 Å². The zero-order valence-corrected chi connectivity index (χ0v) is 24.6. The van der Waals surface area contributed by atoms with Crippen molar-refractivity contribution < 1.29 is 27.5 Å². The number of nitrogens with zero attached hydrogens (tertiary/aromatic N) is 1. The molecule has 42 heavy (non-hydrogen) atoms. The lowest BCUT2D eigenvalue weighted by molar-refractivity contribution is -0.146. The average Bonchev–Trinajstić information content (AvgIpc) is 3.85. The number of hydrogen-bond acceptors (Lipinski definition) is 7. The molecule has 1 heterocycles. The van der Waals surface area contributed by atoms with Crippen LogP contribution in [0.4, 0.5) is 5.69 Å². The fraction of sp³-hybridized carbons (Fsp3) is 0.500. The molecule has 2 saturated carbocycles. The molecular formula is C32H39N3O6S. The van der Waals surface area contributed by atoms with Crippen LogP contribution in [0.3, 0.4) is 0 Å². The number of sulfonamides is 1. The summed E-state index contributed by atoms with van der Waals surface area (Å²) in [4.78, 5) is 25.7. The van der Waals surface area contributed by atoms with Crippen LogP contribution in [0, 0.1) is 23.7 Å². The predicted molar refractivity (Wildman–Crippen MR) is 159 cm³/mol. The van der Waals surface area contributed by atoms with E-state index in [0.717, 1.165) is 24.0 Å². The molecule has 10 heteroatoms. The molecule has 1 amide bonds. The highest BCUT2D eigenvalue weighted by Crippen LogP contribution is 2.38. The fourth-order valence-electron chi connectivity index (χ4n) is 5.87. The summed E-state index contributed by atoms with van der Waals surface area (Å²) in [6.07, 6.45) is 6.48. The van der Waals surface area contributed by atoms with E-state index in [9.17, 15) is 18.0 Å². The Bertz CT molecular complexity index is 1420. The van der Waals surface area contributed by atoms with Crippen molar-refractivity contribution >= 4 is 28.1 Å². The van der Waals surface area contributed by atoms with Gasteiger partial charge < -0.3 is 20.1 Å². The Balaban J connectivity index is 1.13. The van der Waals surface area contributed by atoms with Crippen molar-refractivity contribution in [3.63, 3.8) is 0 Å². The Morgan fingerprint density at radius 2 is 1.83 bits per heavy atom. The first kappa shape index (κ1) is 30.1. The third-order valence-electron chi connectivity index (χ3n) is 8.44. The molecule has 3 aliphatic rings. The molecule has 2 aromatic rings. The van der Waals surface area contributed by atoms with E-state index in [4.69, 9.17) is 15.2 Å². The molecule has 2 aliphatic carbocycles. The van der Waals surface area contributed by atoms with Crippen molar-refractivity contribution in [2.24, 2.45) is 11.8 Å². The van der Waals surface area contributed by atoms with Gasteiger partial charge in [-0.3, -0.25) is 9.59 Å². The number of anilines is 1. The van der Waals surface area contributed by atoms with Crippen LogP contribution in [0.25, 0.3) is 0 Å². The van der Waals surface area contributed by atoms with Gasteiger partial charge in [-0.25, -0.2) is 13.1 Å². The molecule has 1 aliphatic heterocycles. The molecule has 0 bridgehead atoms. The smallest absolute Gasteiger partial charge is 0.293 e. The fourth-order valence-corrected chi connectivity index (χ4v) is 7.21. The van der Waals surface area contributed by atoms with Crippen LogP contribution in [0.15, 0.2) is 47.4 Å². The number of benzene rings is 2. The zero-order chi connectivity index (χ0) is 29.5. The van der Waals surface area contributed by atoms with E-state index in [2.05, 4.69) is 16.6 Å². The van der Waals surface area contributed by atoms with Gasteiger partial charge in [0.2, 0.25) is 15.9 Å². The van der Waals surface area contributed by atoms with Crippen LogP contribution in [0.1, 0.15) is 61.6 Å². The Morgan fingerprint density at radius 1 is 1.07 bits per heavy atom. The Labute approximate surface area is 248 Å². The summed E-state index contributed by atoms with van der Waals surface area (Å²) in [6.45, 7) is 2.72. The van der Waals surface area contributed by atoms with Gasteiger partial charge in [0.1, 0.15) is 0 Å². The number of amides is 1. The van der Waals surface area contributed by atoms with Crippen LogP contribution in [0.2, 0.25) is 0 Å². The first-order valence-electron chi connectivity index (χ1n) is 14.8. The zero-order valence-electron chi connectivity index (χ0n) is 23.8. The second-order valence-electron chi connectivity index (χ2n) is 11.4. The van der Waals surface area contributed by atoms with E-state index in [1.807, 2.05) is 29.2 Å². The summed E-state index contributed by atoms with van der Waals surface area (Å²) >= 11 is 0. The van der Waals surface area contributed by atoms with Gasteiger partial charge in [-0.1, -0.05) is 24.0 Å².